The monoisotopic (exact) mass is 103 g/mol. The summed E-state index contributed by atoms with van der Waals surface area (Å²) in [6, 6.07) is 0. The van der Waals surface area contributed by atoms with Crippen LogP contribution in [0.15, 0.2) is 0 Å². The molecule has 0 aromatic rings. The van der Waals surface area contributed by atoms with Crippen molar-refractivity contribution in [3.63, 3.8) is 0 Å². The summed E-state index contributed by atoms with van der Waals surface area (Å²) in [6.07, 6.45) is 0. The van der Waals surface area contributed by atoms with Crippen molar-refractivity contribution in [3.8, 4) is 0 Å². The van der Waals surface area contributed by atoms with E-state index in [2.05, 4.69) is 0 Å². The maximum Gasteiger partial charge on any atom is 0.138 e. The zero-order chi connectivity index (χ0) is 2.00. The van der Waals surface area contributed by atoms with Crippen molar-refractivity contribution in [2.24, 2.45) is 0 Å². The third kappa shape index (κ3) is 13.5. The maximum atomic E-state index is 8.06. The molecule has 19 valence electrons. The lowest BCUT2D eigenvalue weighted by molar-refractivity contribution is 0.607. The van der Waals surface area contributed by atoms with E-state index in [4.69, 9.17) is 4.57 Å². The van der Waals surface area contributed by atoms with Crippen LogP contribution in [0.3, 0.4) is 0 Å². The van der Waals surface area contributed by atoms with Crippen LogP contribution in [0.1, 0.15) is 0 Å². The molecule has 4 heavy (non-hydrogen) atoms. The predicted octanol–water partition coefficient (Wildman–Crippen LogP) is -0.287. The van der Waals surface area contributed by atoms with Crippen LogP contribution < -0.4 is 0 Å². The van der Waals surface area contributed by atoms with Gasteiger partial charge in [0.1, 0.15) is 9.12 Å². The van der Waals surface area contributed by atoms with Crippen LogP contribution in [0.5, 0.6) is 0 Å². The summed E-state index contributed by atoms with van der Waals surface area (Å²) in [5, 5.41) is 0. The van der Waals surface area contributed by atoms with Crippen molar-refractivity contribution >= 4 is 37.4 Å². The van der Waals surface area contributed by atoms with Gasteiger partial charge in [-0.15, -0.1) is 0 Å². The SMILES string of the molecule is O=P.[Al].[Si]. The van der Waals surface area contributed by atoms with Crippen LogP contribution >= 0.6 is 9.12 Å². The zero-order valence-corrected chi connectivity index (χ0v) is 5.14. The third-order valence-electron chi connectivity index (χ3n) is 0. The Morgan fingerprint density at radius 3 is 1.25 bits per heavy atom. The Morgan fingerprint density at radius 2 is 1.25 bits per heavy atom. The van der Waals surface area contributed by atoms with Crippen LogP contribution in [0.2, 0.25) is 0 Å². The number of hydrogen-bond acceptors (Lipinski definition) is 1. The van der Waals surface area contributed by atoms with Gasteiger partial charge in [-0.3, -0.25) is 4.57 Å². The standard InChI is InChI=1S/Al.HOP.Si/c;1-2;/h;2H;. The lowest BCUT2D eigenvalue weighted by atomic mass is 16.0. The van der Waals surface area contributed by atoms with E-state index in [1.807, 2.05) is 0 Å². The fraction of sp³-hybridized carbons (Fsp3) is 0. The molecule has 0 saturated carbocycles. The van der Waals surface area contributed by atoms with E-state index in [-0.39, 0.29) is 28.3 Å². The molecule has 0 heterocycles. The van der Waals surface area contributed by atoms with Gasteiger partial charge in [0.05, 0.1) is 0 Å². The van der Waals surface area contributed by atoms with Crippen molar-refractivity contribution < 1.29 is 4.57 Å². The molecular weight excluding hydrogens is 102 g/mol. The summed E-state index contributed by atoms with van der Waals surface area (Å²) in [5.74, 6) is 0. The Bertz CT molecular complexity index is 8.00. The van der Waals surface area contributed by atoms with Crippen LogP contribution in [0.4, 0.5) is 0 Å². The minimum Gasteiger partial charge on any atom is -0.279 e. The molecular formula is HAlOPSi. The Morgan fingerprint density at radius 1 is 1.25 bits per heavy atom. The van der Waals surface area contributed by atoms with Gasteiger partial charge in [-0.1, -0.05) is 0 Å². The van der Waals surface area contributed by atoms with Crippen LogP contribution in [-0.2, 0) is 4.57 Å². The van der Waals surface area contributed by atoms with Gasteiger partial charge in [0.15, 0.2) is 0 Å². The van der Waals surface area contributed by atoms with Gasteiger partial charge in [0.25, 0.3) is 0 Å². The molecule has 0 aliphatic carbocycles. The molecule has 4 heteroatoms. The smallest absolute Gasteiger partial charge is 0.138 e. The molecule has 0 amide bonds. The third-order valence-corrected chi connectivity index (χ3v) is 0. The first kappa shape index (κ1) is 21.0. The number of rotatable bonds is 0. The highest BCUT2D eigenvalue weighted by molar-refractivity contribution is 7.00. The molecule has 0 aromatic carbocycles. The van der Waals surface area contributed by atoms with E-state index in [0.717, 1.165) is 0 Å². The summed E-state index contributed by atoms with van der Waals surface area (Å²) in [4.78, 5) is 0. The molecule has 0 atom stereocenters. The first-order valence-corrected chi connectivity index (χ1v) is 0.612. The predicted molar refractivity (Wildman–Crippen MR) is 20.5 cm³/mol. The second-order valence-corrected chi connectivity index (χ2v) is 0. The molecule has 0 spiro atoms. The normalized spacial score (nSPS) is 1.00. The molecule has 0 aromatic heterocycles. The van der Waals surface area contributed by atoms with E-state index in [0.29, 0.717) is 0 Å². The van der Waals surface area contributed by atoms with Crippen LogP contribution in [0.25, 0.3) is 0 Å². The highest BCUT2D eigenvalue weighted by Crippen LogP contribution is 1.23. The lowest BCUT2D eigenvalue weighted by Crippen LogP contribution is -0.489. The van der Waals surface area contributed by atoms with Crippen molar-refractivity contribution in [2.75, 3.05) is 0 Å². The summed E-state index contributed by atoms with van der Waals surface area (Å²) in [7, 11) is 1.72. The quantitative estimate of drug-likeness (QED) is 0.304. The van der Waals surface area contributed by atoms with Crippen molar-refractivity contribution in [3.05, 3.63) is 0 Å². The molecule has 0 fully saturated rings. The molecule has 7 radical (unpaired) electrons. The van der Waals surface area contributed by atoms with Crippen LogP contribution in [-0.4, -0.2) is 28.3 Å². The lowest BCUT2D eigenvalue weighted by Gasteiger charge is -0.807. The van der Waals surface area contributed by atoms with Crippen LogP contribution in [0, 0.1) is 0 Å². The maximum absolute atomic E-state index is 8.06. The fourth-order valence-electron chi connectivity index (χ4n) is 0. The van der Waals surface area contributed by atoms with E-state index in [1.165, 1.54) is 0 Å². The molecule has 0 N–H and O–H groups in total. The van der Waals surface area contributed by atoms with Gasteiger partial charge in [-0.2, -0.15) is 0 Å². The average molecular weight is 103 g/mol. The molecule has 0 saturated heterocycles. The van der Waals surface area contributed by atoms with Gasteiger partial charge >= 0.3 is 0 Å². The molecule has 0 aliphatic heterocycles. The minimum absolute atomic E-state index is 0. The van der Waals surface area contributed by atoms with E-state index >= 15 is 0 Å². The summed E-state index contributed by atoms with van der Waals surface area (Å²) >= 11 is 0. The summed E-state index contributed by atoms with van der Waals surface area (Å²) in [6.45, 7) is 0. The summed E-state index contributed by atoms with van der Waals surface area (Å²) in [5.41, 5.74) is 0. The Balaban J connectivity index is -0.00000000500. The fourth-order valence-corrected chi connectivity index (χ4v) is 0. The molecule has 0 unspecified atom stereocenters. The summed E-state index contributed by atoms with van der Waals surface area (Å²) < 4.78 is 8.06. The molecule has 0 bridgehead atoms. The van der Waals surface area contributed by atoms with Crippen molar-refractivity contribution in [2.45, 2.75) is 0 Å². The average Bonchev–Trinajstić information content (AvgIpc) is 1.00. The molecule has 0 rings (SSSR count). The van der Waals surface area contributed by atoms with E-state index in [9.17, 15) is 0 Å². The number of hydrogen-bond donors (Lipinski definition) is 0. The van der Waals surface area contributed by atoms with Gasteiger partial charge in [-0.25, -0.2) is 0 Å². The van der Waals surface area contributed by atoms with Gasteiger partial charge in [-0.05, 0) is 0 Å². The highest BCUT2D eigenvalue weighted by Gasteiger charge is 0.667. The topological polar surface area (TPSA) is 17.1 Å². The highest BCUT2D eigenvalue weighted by atomic mass is 31.0. The van der Waals surface area contributed by atoms with Gasteiger partial charge in [0, 0.05) is 28.3 Å². The molecule has 1 nitrogen and oxygen atoms in total. The molecule has 0 aliphatic rings. The minimum atomic E-state index is 0. The van der Waals surface area contributed by atoms with Gasteiger partial charge < -0.3 is 0 Å². The Kier molecular flexibility index (Phi) is 228. The second kappa shape index (κ2) is 43.3. The van der Waals surface area contributed by atoms with Crippen molar-refractivity contribution in [1.29, 1.82) is 0 Å². The first-order chi connectivity index (χ1) is 1.00. The van der Waals surface area contributed by atoms with E-state index < -0.39 is 0 Å². The first-order valence-electron chi connectivity index (χ1n) is 0.204. The Labute approximate surface area is 42.6 Å². The second-order valence-electron chi connectivity index (χ2n) is 0. The van der Waals surface area contributed by atoms with Crippen molar-refractivity contribution in [1.82, 2.24) is 0 Å². The Hall–Kier alpha value is 0.849. The van der Waals surface area contributed by atoms with E-state index in [1.54, 1.807) is 9.12 Å². The zero-order valence-electron chi connectivity index (χ0n) is 1.99. The largest absolute Gasteiger partial charge is 0.279 e. The van der Waals surface area contributed by atoms with Gasteiger partial charge in [0.2, 0.25) is 0 Å².